The number of hydrogen-bond acceptors (Lipinski definition) is 5. The fourth-order valence-corrected chi connectivity index (χ4v) is 4.59. The molecule has 0 unspecified atom stereocenters. The third kappa shape index (κ3) is 6.16. The zero-order valence-electron chi connectivity index (χ0n) is 23.5. The van der Waals surface area contributed by atoms with Gasteiger partial charge in [-0.1, -0.05) is 63.5 Å². The minimum Gasteiger partial charge on any atom is -0.357 e. The van der Waals surface area contributed by atoms with Crippen LogP contribution in [-0.2, 0) is 0 Å². The first-order valence-corrected chi connectivity index (χ1v) is 13.2. The van der Waals surface area contributed by atoms with Crippen LogP contribution in [0, 0.1) is 6.92 Å². The fraction of sp³-hybridized carbons (Fsp3) is 0.219. The monoisotopic (exact) mass is 519 g/mol. The van der Waals surface area contributed by atoms with E-state index in [-0.39, 0.29) is 0 Å². The average molecular weight is 520 g/mol. The molecule has 3 aromatic heterocycles. The van der Waals surface area contributed by atoms with Crippen LogP contribution in [0.5, 0.6) is 0 Å². The van der Waals surface area contributed by atoms with E-state index in [1.165, 1.54) is 0 Å². The molecule has 0 amide bonds. The molecule has 4 aromatic rings. The van der Waals surface area contributed by atoms with E-state index in [0.717, 1.165) is 80.4 Å². The van der Waals surface area contributed by atoms with E-state index >= 15 is 0 Å². The number of aromatic nitrogens is 5. The number of aromatic amines is 2. The summed E-state index contributed by atoms with van der Waals surface area (Å²) < 4.78 is 0. The molecule has 3 heterocycles. The van der Waals surface area contributed by atoms with Gasteiger partial charge in [-0.3, -0.25) is 10.1 Å². The quantitative estimate of drug-likeness (QED) is 0.202. The Kier molecular flexibility index (Phi) is 8.74. The molecule has 7 heteroatoms. The van der Waals surface area contributed by atoms with Crippen molar-refractivity contribution < 1.29 is 0 Å². The summed E-state index contributed by atoms with van der Waals surface area (Å²) in [5.74, 6) is 0.724. The zero-order valence-corrected chi connectivity index (χ0v) is 23.5. The predicted molar refractivity (Wildman–Crippen MR) is 164 cm³/mol. The molecule has 1 aromatic carbocycles. The first kappa shape index (κ1) is 27.5. The van der Waals surface area contributed by atoms with Crippen molar-refractivity contribution in [2.45, 2.75) is 27.2 Å². The van der Waals surface area contributed by atoms with Crippen molar-refractivity contribution in [3.8, 4) is 22.6 Å². The van der Waals surface area contributed by atoms with Crippen LogP contribution in [0.3, 0.4) is 0 Å². The highest BCUT2D eigenvalue weighted by Crippen LogP contribution is 2.33. The summed E-state index contributed by atoms with van der Waals surface area (Å²) in [4.78, 5) is 14.9. The molecule has 0 radical (unpaired) electrons. The van der Waals surface area contributed by atoms with Crippen molar-refractivity contribution in [1.29, 1.82) is 0 Å². The van der Waals surface area contributed by atoms with E-state index in [4.69, 9.17) is 4.98 Å². The third-order valence-corrected chi connectivity index (χ3v) is 6.19. The number of imidazole rings is 1. The van der Waals surface area contributed by atoms with Gasteiger partial charge in [0, 0.05) is 40.7 Å². The number of likely N-dealkylation sites (N-methyl/N-ethyl adjacent to an activating group) is 1. The Bertz CT molecular complexity index is 1580. The molecule has 0 saturated heterocycles. The van der Waals surface area contributed by atoms with E-state index in [1.54, 1.807) is 6.08 Å². The molecule has 1 aliphatic carbocycles. The largest absolute Gasteiger partial charge is 0.357 e. The van der Waals surface area contributed by atoms with Gasteiger partial charge in [-0.25, -0.2) is 4.98 Å². The van der Waals surface area contributed by atoms with Crippen LogP contribution < -0.4 is 5.32 Å². The summed E-state index contributed by atoms with van der Waals surface area (Å²) >= 11 is 0. The van der Waals surface area contributed by atoms with Crippen molar-refractivity contribution in [3.63, 3.8) is 0 Å². The molecule has 200 valence electrons. The highest BCUT2D eigenvalue weighted by Gasteiger charge is 2.19. The predicted octanol–water partition coefficient (Wildman–Crippen LogP) is 7.29. The van der Waals surface area contributed by atoms with Crippen molar-refractivity contribution in [1.82, 2.24) is 30.0 Å². The Hall–Kier alpha value is -4.49. The van der Waals surface area contributed by atoms with Gasteiger partial charge >= 0.3 is 0 Å². The molecule has 0 spiro atoms. The Morgan fingerprint density at radius 1 is 1.15 bits per heavy atom. The molecule has 0 atom stereocenters. The van der Waals surface area contributed by atoms with E-state index in [9.17, 15) is 0 Å². The minimum absolute atomic E-state index is 0.724. The maximum Gasteiger partial charge on any atom is 0.159 e. The summed E-state index contributed by atoms with van der Waals surface area (Å²) in [5.41, 5.74) is 9.68. The molecule has 3 N–H and O–H groups in total. The number of fused-ring (bicyclic) bond motifs is 1. The molecule has 5 rings (SSSR count). The molecule has 0 aliphatic heterocycles. The maximum atomic E-state index is 4.97. The fourth-order valence-electron chi connectivity index (χ4n) is 4.59. The van der Waals surface area contributed by atoms with E-state index in [0.29, 0.717) is 0 Å². The van der Waals surface area contributed by atoms with Gasteiger partial charge in [0.1, 0.15) is 5.69 Å². The van der Waals surface area contributed by atoms with Gasteiger partial charge in [-0.05, 0) is 56.8 Å². The number of pyridine rings is 1. The Balaban J connectivity index is 0.00000172. The van der Waals surface area contributed by atoms with Crippen LogP contribution in [0.1, 0.15) is 31.7 Å². The smallest absolute Gasteiger partial charge is 0.159 e. The van der Waals surface area contributed by atoms with E-state index in [1.807, 2.05) is 59.4 Å². The van der Waals surface area contributed by atoms with Gasteiger partial charge in [0.15, 0.2) is 5.82 Å². The minimum atomic E-state index is 0.724. The van der Waals surface area contributed by atoms with Crippen molar-refractivity contribution >= 4 is 22.2 Å². The summed E-state index contributed by atoms with van der Waals surface area (Å²) in [6.07, 6.45) is 14.9. The lowest BCUT2D eigenvalue weighted by Crippen LogP contribution is -2.18. The summed E-state index contributed by atoms with van der Waals surface area (Å²) in [7, 11) is 4.03. The number of nitrogens with zero attached hydrogens (tertiary/aromatic N) is 4. The first-order chi connectivity index (χ1) is 18.9. The molecule has 39 heavy (non-hydrogen) atoms. The zero-order chi connectivity index (χ0) is 27.9. The second-order valence-electron chi connectivity index (χ2n) is 9.43. The molecule has 0 bridgehead atoms. The number of nitrogens with one attached hydrogen (secondary N) is 3. The lowest BCUT2D eigenvalue weighted by Gasteiger charge is -2.14. The number of hydrogen-bond donors (Lipinski definition) is 3. The van der Waals surface area contributed by atoms with Crippen LogP contribution in [0.2, 0.25) is 0 Å². The van der Waals surface area contributed by atoms with Crippen LogP contribution in [0.25, 0.3) is 39.1 Å². The average Bonchev–Trinajstić information content (AvgIpc) is 3.68. The SMILES string of the molecule is C=C/C=C(/C1=CCC=C1)c1nc(-c2n[nH]c3ccc(-c4cncc(NC(=C)CN(C)C)c4)cc23)[nH]c1C.CC. The number of anilines is 1. The van der Waals surface area contributed by atoms with Gasteiger partial charge in [0.25, 0.3) is 0 Å². The molecule has 7 nitrogen and oxygen atoms in total. The van der Waals surface area contributed by atoms with Crippen molar-refractivity contribution in [2.24, 2.45) is 0 Å². The van der Waals surface area contributed by atoms with E-state index < -0.39 is 0 Å². The first-order valence-electron chi connectivity index (χ1n) is 13.2. The standard InChI is InChI=1S/C30H31N7.C2H6/c1-6-9-25(21-10-7-8-11-21)28-20(3)33-30(34-28)29-26-15-22(12-13-27(26)35-36-29)23-14-24(17-31-16-23)32-19(2)18-37(4)5;1-2/h6-7,9-17,32H,1-2,8,18H2,3-5H3,(H,33,34)(H,35,36);1-2H3/b25-9-;. The highest BCUT2D eigenvalue weighted by molar-refractivity contribution is 5.95. The highest BCUT2D eigenvalue weighted by atomic mass is 15.1. The Labute approximate surface area is 230 Å². The van der Waals surface area contributed by atoms with Crippen molar-refractivity contribution in [2.75, 3.05) is 26.0 Å². The molecule has 0 fully saturated rings. The van der Waals surface area contributed by atoms with Crippen LogP contribution in [-0.4, -0.2) is 50.7 Å². The van der Waals surface area contributed by atoms with E-state index in [2.05, 4.69) is 80.0 Å². The number of benzene rings is 1. The van der Waals surface area contributed by atoms with Gasteiger partial charge in [-0.15, -0.1) is 0 Å². The normalized spacial score (nSPS) is 12.9. The topological polar surface area (TPSA) is 85.5 Å². The van der Waals surface area contributed by atoms with Gasteiger partial charge in [0.05, 0.1) is 23.1 Å². The lowest BCUT2D eigenvalue weighted by atomic mass is 10.0. The molecular weight excluding hydrogens is 482 g/mol. The van der Waals surface area contributed by atoms with Gasteiger partial charge in [-0.2, -0.15) is 5.10 Å². The van der Waals surface area contributed by atoms with Crippen LogP contribution >= 0.6 is 0 Å². The molecule has 1 aliphatic rings. The third-order valence-electron chi connectivity index (χ3n) is 6.19. The number of rotatable bonds is 9. The van der Waals surface area contributed by atoms with Crippen LogP contribution in [0.15, 0.2) is 91.5 Å². The Morgan fingerprint density at radius 3 is 2.69 bits per heavy atom. The number of aryl methyl sites for hydroxylation is 1. The maximum absolute atomic E-state index is 4.97. The summed E-state index contributed by atoms with van der Waals surface area (Å²) in [6.45, 7) is 14.8. The number of allylic oxidation sites excluding steroid dienone is 7. The lowest BCUT2D eigenvalue weighted by molar-refractivity contribution is 0.447. The van der Waals surface area contributed by atoms with Crippen LogP contribution in [0.4, 0.5) is 5.69 Å². The Morgan fingerprint density at radius 2 is 1.97 bits per heavy atom. The second-order valence-corrected chi connectivity index (χ2v) is 9.43. The summed E-state index contributed by atoms with van der Waals surface area (Å²) in [5, 5.41) is 12.1. The summed E-state index contributed by atoms with van der Waals surface area (Å²) in [6, 6.07) is 8.32. The van der Waals surface area contributed by atoms with Gasteiger partial charge < -0.3 is 15.2 Å². The number of H-pyrrole nitrogens is 2. The van der Waals surface area contributed by atoms with Gasteiger partial charge in [0.2, 0.25) is 0 Å². The molecule has 0 saturated carbocycles. The second kappa shape index (κ2) is 12.4. The van der Waals surface area contributed by atoms with Crippen molar-refractivity contribution in [3.05, 3.63) is 103 Å². The molecular formula is C32H37N7.